The Morgan fingerprint density at radius 3 is 2.23 bits per heavy atom. The number of urea groups is 1. The van der Waals surface area contributed by atoms with Crippen molar-refractivity contribution >= 4 is 41.4 Å². The van der Waals surface area contributed by atoms with Crippen LogP contribution < -0.4 is 32.3 Å². The van der Waals surface area contributed by atoms with Gasteiger partial charge in [0.1, 0.15) is 18.7 Å². The highest BCUT2D eigenvalue weighted by atomic mass is 16.6. The average Bonchev–Trinajstić information content (AvgIpc) is 3.57. The van der Waals surface area contributed by atoms with Crippen molar-refractivity contribution in [2.45, 2.75) is 84.4 Å². The highest BCUT2D eigenvalue weighted by molar-refractivity contribution is 5.98. The van der Waals surface area contributed by atoms with Crippen molar-refractivity contribution in [3.05, 3.63) is 29.8 Å². The van der Waals surface area contributed by atoms with Crippen molar-refractivity contribution < 1.29 is 48.1 Å². The number of aliphatic hydroxyl groups excluding tert-OH is 1. The third kappa shape index (κ3) is 19.2. The van der Waals surface area contributed by atoms with Crippen LogP contribution in [0.15, 0.2) is 24.3 Å². The van der Waals surface area contributed by atoms with Gasteiger partial charge in [0.05, 0.1) is 33.0 Å². The largest absolute Gasteiger partial charge is 0.445 e. The summed E-state index contributed by atoms with van der Waals surface area (Å²) in [7, 11) is 0. The maximum absolute atomic E-state index is 13.4. The molecule has 0 radical (unpaired) electrons. The molecule has 0 unspecified atom stereocenters. The molecule has 298 valence electrons. The molecule has 0 bridgehead atoms. The van der Waals surface area contributed by atoms with Gasteiger partial charge < -0.3 is 56.5 Å². The lowest BCUT2D eigenvalue weighted by Gasteiger charge is -2.25. The van der Waals surface area contributed by atoms with Crippen molar-refractivity contribution in [1.82, 2.24) is 26.2 Å². The lowest BCUT2D eigenvalue weighted by molar-refractivity contribution is -0.132. The van der Waals surface area contributed by atoms with E-state index in [2.05, 4.69) is 33.5 Å². The third-order valence-electron chi connectivity index (χ3n) is 8.40. The Balaban J connectivity index is 1.86. The maximum atomic E-state index is 13.4. The van der Waals surface area contributed by atoms with Gasteiger partial charge in [-0.2, -0.15) is 0 Å². The molecular weight excluding hydrogens is 690 g/mol. The number of alkyl carbamates (subject to hydrolysis) is 1. The topological polar surface area (TPSA) is 240 Å². The Hall–Kier alpha value is -4.48. The van der Waals surface area contributed by atoms with Crippen LogP contribution in [0.4, 0.5) is 15.3 Å². The van der Waals surface area contributed by atoms with Gasteiger partial charge in [0.25, 0.3) is 0 Å². The summed E-state index contributed by atoms with van der Waals surface area (Å²) in [6, 6.07) is 4.00. The Kier molecular flexibility index (Phi) is 21.5. The van der Waals surface area contributed by atoms with Crippen LogP contribution in [0.3, 0.4) is 0 Å². The number of nitrogens with two attached hydrogens (primary N) is 1. The second kappa shape index (κ2) is 25.5. The second-order valence-corrected chi connectivity index (χ2v) is 13.4. The minimum absolute atomic E-state index is 0.0140. The number of hydrogen-bond acceptors (Lipinski definition) is 10. The van der Waals surface area contributed by atoms with Gasteiger partial charge in [-0.3, -0.25) is 19.2 Å². The van der Waals surface area contributed by atoms with Crippen molar-refractivity contribution in [1.29, 1.82) is 0 Å². The van der Waals surface area contributed by atoms with Crippen LogP contribution in [-0.2, 0) is 40.0 Å². The lowest BCUT2D eigenvalue weighted by Crippen LogP contribution is -2.54. The van der Waals surface area contributed by atoms with Gasteiger partial charge in [-0.25, -0.2) is 9.59 Å². The van der Waals surface area contributed by atoms with Crippen molar-refractivity contribution in [2.75, 3.05) is 64.5 Å². The van der Waals surface area contributed by atoms with Gasteiger partial charge in [-0.15, -0.1) is 0 Å². The van der Waals surface area contributed by atoms with E-state index >= 15 is 0 Å². The number of ether oxygens (including phenoxy) is 3. The highest BCUT2D eigenvalue weighted by Gasteiger charge is 2.29. The molecule has 1 fully saturated rings. The van der Waals surface area contributed by atoms with E-state index in [-0.39, 0.29) is 70.1 Å². The Morgan fingerprint density at radius 1 is 0.887 bits per heavy atom. The van der Waals surface area contributed by atoms with Gasteiger partial charge in [0.15, 0.2) is 0 Å². The normalized spacial score (nSPS) is 15.0. The van der Waals surface area contributed by atoms with Gasteiger partial charge in [-0.05, 0) is 61.6 Å². The van der Waals surface area contributed by atoms with Gasteiger partial charge >= 0.3 is 12.1 Å². The van der Waals surface area contributed by atoms with Crippen molar-refractivity contribution in [3.8, 4) is 0 Å². The lowest BCUT2D eigenvalue weighted by atomic mass is 10.0. The molecule has 1 heterocycles. The maximum Gasteiger partial charge on any atom is 0.407 e. The predicted molar refractivity (Wildman–Crippen MR) is 196 cm³/mol. The minimum atomic E-state index is -1.00. The molecule has 1 aliphatic heterocycles. The van der Waals surface area contributed by atoms with E-state index in [1.807, 2.05) is 4.90 Å². The summed E-state index contributed by atoms with van der Waals surface area (Å²) in [5.74, 6) is -1.03. The number of rotatable bonds is 25. The van der Waals surface area contributed by atoms with E-state index < -0.39 is 36.0 Å². The van der Waals surface area contributed by atoms with Gasteiger partial charge in [0, 0.05) is 44.7 Å². The summed E-state index contributed by atoms with van der Waals surface area (Å²) in [5, 5.41) is 22.0. The van der Waals surface area contributed by atoms with E-state index in [4.69, 9.17) is 25.1 Å². The molecule has 0 aromatic heterocycles. The molecule has 1 aliphatic rings. The first-order chi connectivity index (χ1) is 25.4. The number of benzene rings is 1. The second-order valence-electron chi connectivity index (χ2n) is 13.4. The molecule has 3 atom stereocenters. The number of carbonyl (C=O) groups excluding carboxylic acids is 6. The molecule has 53 heavy (non-hydrogen) atoms. The summed E-state index contributed by atoms with van der Waals surface area (Å²) >= 11 is 0. The van der Waals surface area contributed by atoms with E-state index in [0.717, 1.165) is 19.5 Å². The van der Waals surface area contributed by atoms with Crippen LogP contribution in [0.25, 0.3) is 0 Å². The molecule has 2 rings (SSSR count). The number of hydrogen-bond donors (Lipinski definition) is 7. The summed E-state index contributed by atoms with van der Waals surface area (Å²) in [6.07, 6.45) is 2.50. The molecule has 0 saturated carbocycles. The molecule has 1 aromatic rings. The highest BCUT2D eigenvalue weighted by Crippen LogP contribution is 2.17. The number of primary amides is 1. The number of unbranched alkanes of at least 4 members (excludes halogenated alkanes) is 1. The molecule has 0 spiro atoms. The van der Waals surface area contributed by atoms with Crippen molar-refractivity contribution in [3.63, 3.8) is 0 Å². The SMILES string of the molecule is CC(C)[C@H](NC(=O)CCCCC(=O)N1CC[C@H](C)C1)C(=O)N[C@@H](CCCNC(N)=O)C(=O)Nc1ccc(COC(=O)NCCOCCOCCO)cc1. The first-order valence-electron chi connectivity index (χ1n) is 18.4. The Morgan fingerprint density at radius 2 is 1.58 bits per heavy atom. The number of anilines is 1. The Labute approximate surface area is 311 Å². The van der Waals surface area contributed by atoms with Gasteiger partial charge in [0.2, 0.25) is 23.6 Å². The number of nitrogens with one attached hydrogen (secondary N) is 5. The van der Waals surface area contributed by atoms with E-state index in [0.29, 0.717) is 56.1 Å². The van der Waals surface area contributed by atoms with Crippen LogP contribution in [0, 0.1) is 11.8 Å². The van der Waals surface area contributed by atoms with Crippen LogP contribution >= 0.6 is 0 Å². The smallest absolute Gasteiger partial charge is 0.407 e. The van der Waals surface area contributed by atoms with Gasteiger partial charge in [-0.1, -0.05) is 32.9 Å². The molecule has 0 aliphatic carbocycles. The molecule has 17 heteroatoms. The predicted octanol–water partition coefficient (Wildman–Crippen LogP) is 1.38. The minimum Gasteiger partial charge on any atom is -0.445 e. The first-order valence-corrected chi connectivity index (χ1v) is 18.4. The summed E-state index contributed by atoms with van der Waals surface area (Å²) in [4.78, 5) is 77.0. The fraction of sp³-hybridized carbons (Fsp3) is 0.667. The molecule has 7 amide bonds. The zero-order chi connectivity index (χ0) is 39.0. The number of nitrogens with zero attached hydrogens (tertiary/aromatic N) is 1. The average molecular weight is 750 g/mol. The van der Waals surface area contributed by atoms with E-state index in [1.54, 1.807) is 38.1 Å². The van der Waals surface area contributed by atoms with Crippen molar-refractivity contribution in [2.24, 2.45) is 17.6 Å². The third-order valence-corrected chi connectivity index (χ3v) is 8.40. The standard InChI is InChI=1S/C36H59N7O10/c1-25(2)32(42-30(45)8-4-5-9-31(46)43-17-14-26(3)23-43)34(48)41-29(7-6-15-38-35(37)49)33(47)40-28-12-10-27(11-13-28)24-53-36(50)39-16-19-51-21-22-52-20-18-44/h10-13,25-26,29,32,44H,4-9,14-24H2,1-3H3,(H,39,50)(H,40,47)(H,41,48)(H,42,45)(H3,37,38,49)/t26-,29-,32-/m0/s1. The fourth-order valence-corrected chi connectivity index (χ4v) is 5.44. The summed E-state index contributed by atoms with van der Waals surface area (Å²) < 4.78 is 15.6. The molecule has 8 N–H and O–H groups in total. The zero-order valence-electron chi connectivity index (χ0n) is 31.3. The summed E-state index contributed by atoms with van der Waals surface area (Å²) in [5.41, 5.74) is 6.26. The molecule has 1 aromatic carbocycles. The van der Waals surface area contributed by atoms with E-state index in [1.165, 1.54) is 0 Å². The Bertz CT molecular complexity index is 1300. The first kappa shape index (κ1) is 44.7. The monoisotopic (exact) mass is 749 g/mol. The molecule has 1 saturated heterocycles. The number of likely N-dealkylation sites (tertiary alicyclic amines) is 1. The number of carbonyl (C=O) groups is 6. The number of aliphatic hydroxyl groups is 1. The van der Waals surface area contributed by atoms with Crippen LogP contribution in [0.5, 0.6) is 0 Å². The van der Waals surface area contributed by atoms with Crippen LogP contribution in [-0.4, -0.2) is 117 Å². The fourth-order valence-electron chi connectivity index (χ4n) is 5.44. The summed E-state index contributed by atoms with van der Waals surface area (Å²) in [6.45, 7) is 8.80. The van der Waals surface area contributed by atoms with E-state index in [9.17, 15) is 28.8 Å². The van der Waals surface area contributed by atoms with Crippen LogP contribution in [0.1, 0.15) is 71.3 Å². The molecule has 17 nitrogen and oxygen atoms in total. The zero-order valence-corrected chi connectivity index (χ0v) is 31.3. The quantitative estimate of drug-likeness (QED) is 0.0709. The molecular formula is C36H59N7O10. The number of amides is 7. The van der Waals surface area contributed by atoms with Crippen LogP contribution in [0.2, 0.25) is 0 Å².